The van der Waals surface area contributed by atoms with Gasteiger partial charge in [-0.15, -0.1) is 10.2 Å². The highest BCUT2D eigenvalue weighted by Crippen LogP contribution is 2.26. The average Bonchev–Trinajstić information content (AvgIpc) is 3.15. The Bertz CT molecular complexity index is 962. The molecule has 0 spiro atoms. The van der Waals surface area contributed by atoms with Crippen LogP contribution in [0.25, 0.3) is 0 Å². The Hall–Kier alpha value is -2.43. The van der Waals surface area contributed by atoms with Gasteiger partial charge in [-0.1, -0.05) is 39.0 Å². The normalized spacial score (nSPS) is 10.4. The number of carbonyl (C=O) groups is 2. The third-order valence-corrected chi connectivity index (χ3v) is 5.93. The summed E-state index contributed by atoms with van der Waals surface area (Å²) < 4.78 is 6.57. The molecule has 0 radical (unpaired) electrons. The summed E-state index contributed by atoms with van der Waals surface area (Å²) in [6.07, 6.45) is 0. The lowest BCUT2D eigenvalue weighted by Crippen LogP contribution is -2.13. The van der Waals surface area contributed by atoms with Crippen molar-refractivity contribution < 1.29 is 14.3 Å². The molecule has 0 aliphatic carbocycles. The molecule has 10 heteroatoms. The molecule has 2 aromatic carbocycles. The van der Waals surface area contributed by atoms with E-state index in [-0.39, 0.29) is 17.6 Å². The lowest BCUT2D eigenvalue weighted by atomic mass is 10.2. The van der Waals surface area contributed by atoms with Gasteiger partial charge in [0.15, 0.2) is 4.34 Å². The van der Waals surface area contributed by atoms with Gasteiger partial charge in [0.1, 0.15) is 5.75 Å². The molecule has 1 heterocycles. The van der Waals surface area contributed by atoms with Crippen LogP contribution in [0.5, 0.6) is 5.75 Å². The minimum absolute atomic E-state index is 0.161. The van der Waals surface area contributed by atoms with Gasteiger partial charge in [0.05, 0.1) is 12.9 Å². The van der Waals surface area contributed by atoms with Gasteiger partial charge < -0.3 is 10.1 Å². The molecule has 3 aromatic rings. The summed E-state index contributed by atoms with van der Waals surface area (Å²) in [4.78, 5) is 24.2. The number of rotatable bonds is 7. The number of amides is 2. The summed E-state index contributed by atoms with van der Waals surface area (Å²) in [5.41, 5.74) is 1.21. The van der Waals surface area contributed by atoms with Crippen molar-refractivity contribution in [1.29, 1.82) is 0 Å². The van der Waals surface area contributed by atoms with Crippen LogP contribution in [0.15, 0.2) is 57.3 Å². The summed E-state index contributed by atoms with van der Waals surface area (Å²) >= 11 is 5.79. The first-order valence-corrected chi connectivity index (χ1v) is 10.6. The van der Waals surface area contributed by atoms with Gasteiger partial charge in [-0.3, -0.25) is 14.9 Å². The first kappa shape index (κ1) is 20.3. The topological polar surface area (TPSA) is 93.2 Å². The van der Waals surface area contributed by atoms with Crippen LogP contribution in [-0.2, 0) is 4.79 Å². The molecule has 0 bridgehead atoms. The first-order chi connectivity index (χ1) is 13.5. The highest BCUT2D eigenvalue weighted by Gasteiger charge is 2.12. The number of methoxy groups -OCH3 is 1. The molecule has 1 aromatic heterocycles. The fourth-order valence-electron chi connectivity index (χ4n) is 2.09. The molecule has 0 aliphatic rings. The fourth-order valence-corrected chi connectivity index (χ4v) is 3.90. The van der Waals surface area contributed by atoms with Crippen LogP contribution in [0.3, 0.4) is 0 Å². The summed E-state index contributed by atoms with van der Waals surface area (Å²) in [7, 11) is 1.59. The average molecular weight is 479 g/mol. The molecule has 0 atom stereocenters. The maximum atomic E-state index is 12.2. The molecule has 7 nitrogen and oxygen atoms in total. The standard InChI is InChI=1S/C18H15BrN4O3S2/c1-26-14-8-6-13(7-9-14)20-15(24)10-27-18-23-22-17(28-18)21-16(25)11-2-4-12(19)5-3-11/h2-9H,10H2,1H3,(H,20,24)(H,21,22,25). The van der Waals surface area contributed by atoms with E-state index in [9.17, 15) is 9.59 Å². The van der Waals surface area contributed by atoms with E-state index in [4.69, 9.17) is 4.74 Å². The number of hydrogen-bond donors (Lipinski definition) is 2. The molecule has 0 saturated carbocycles. The number of nitrogens with zero attached hydrogens (tertiary/aromatic N) is 2. The molecule has 3 rings (SSSR count). The second-order valence-electron chi connectivity index (χ2n) is 5.40. The van der Waals surface area contributed by atoms with E-state index in [0.29, 0.717) is 20.7 Å². The molecular formula is C18H15BrN4O3S2. The minimum atomic E-state index is -0.266. The van der Waals surface area contributed by atoms with Crippen LogP contribution < -0.4 is 15.4 Å². The number of anilines is 2. The van der Waals surface area contributed by atoms with Gasteiger partial charge in [0.2, 0.25) is 11.0 Å². The third kappa shape index (κ3) is 5.78. The van der Waals surface area contributed by atoms with Gasteiger partial charge in [-0.05, 0) is 48.5 Å². The van der Waals surface area contributed by atoms with Crippen molar-refractivity contribution in [3.8, 4) is 5.75 Å². The molecule has 0 unspecified atom stereocenters. The first-order valence-electron chi connectivity index (χ1n) is 8.00. The lowest BCUT2D eigenvalue weighted by Gasteiger charge is -2.05. The van der Waals surface area contributed by atoms with Crippen molar-refractivity contribution in [2.45, 2.75) is 4.34 Å². The fraction of sp³-hybridized carbons (Fsp3) is 0.111. The van der Waals surface area contributed by atoms with Crippen molar-refractivity contribution in [3.05, 3.63) is 58.6 Å². The molecule has 2 N–H and O–H groups in total. The zero-order chi connectivity index (χ0) is 19.9. The number of carbonyl (C=O) groups excluding carboxylic acids is 2. The molecule has 2 amide bonds. The van der Waals surface area contributed by atoms with Crippen molar-refractivity contribution in [2.75, 3.05) is 23.5 Å². The minimum Gasteiger partial charge on any atom is -0.497 e. The van der Waals surface area contributed by atoms with Crippen molar-refractivity contribution in [1.82, 2.24) is 10.2 Å². The summed E-state index contributed by atoms with van der Waals surface area (Å²) in [5, 5.41) is 13.8. The zero-order valence-corrected chi connectivity index (χ0v) is 17.9. The van der Waals surface area contributed by atoms with Crippen LogP contribution in [0, 0.1) is 0 Å². The second-order valence-corrected chi connectivity index (χ2v) is 8.52. The Morgan fingerprint density at radius 1 is 1.07 bits per heavy atom. The van der Waals surface area contributed by atoms with Crippen LogP contribution in [0.4, 0.5) is 10.8 Å². The maximum absolute atomic E-state index is 12.2. The molecule has 144 valence electrons. The largest absolute Gasteiger partial charge is 0.497 e. The third-order valence-electron chi connectivity index (χ3n) is 3.43. The Labute approximate surface area is 178 Å². The zero-order valence-electron chi connectivity index (χ0n) is 14.6. The molecule has 28 heavy (non-hydrogen) atoms. The van der Waals surface area contributed by atoms with Gasteiger partial charge in [0.25, 0.3) is 5.91 Å². The van der Waals surface area contributed by atoms with E-state index >= 15 is 0 Å². The highest BCUT2D eigenvalue weighted by atomic mass is 79.9. The molecule has 0 saturated heterocycles. The molecule has 0 fully saturated rings. The Balaban J connectivity index is 1.49. The van der Waals surface area contributed by atoms with Crippen molar-refractivity contribution in [3.63, 3.8) is 0 Å². The quantitative estimate of drug-likeness (QED) is 0.388. The van der Waals surface area contributed by atoms with Gasteiger partial charge in [0, 0.05) is 15.7 Å². The van der Waals surface area contributed by atoms with Crippen LogP contribution in [0.1, 0.15) is 10.4 Å². The van der Waals surface area contributed by atoms with E-state index in [2.05, 4.69) is 36.8 Å². The predicted octanol–water partition coefficient (Wildman–Crippen LogP) is 4.29. The van der Waals surface area contributed by atoms with Gasteiger partial charge >= 0.3 is 0 Å². The Morgan fingerprint density at radius 2 is 1.79 bits per heavy atom. The van der Waals surface area contributed by atoms with E-state index in [1.54, 1.807) is 55.6 Å². The Morgan fingerprint density at radius 3 is 2.46 bits per heavy atom. The van der Waals surface area contributed by atoms with Crippen LogP contribution in [-0.4, -0.2) is 34.9 Å². The Kier molecular flexibility index (Phi) is 7.01. The maximum Gasteiger partial charge on any atom is 0.257 e. The summed E-state index contributed by atoms with van der Waals surface area (Å²) in [5.74, 6) is 0.476. The van der Waals surface area contributed by atoms with E-state index in [1.165, 1.54) is 23.1 Å². The monoisotopic (exact) mass is 478 g/mol. The predicted molar refractivity (Wildman–Crippen MR) is 114 cm³/mol. The molecular weight excluding hydrogens is 464 g/mol. The van der Waals surface area contributed by atoms with Crippen LogP contribution >= 0.6 is 39.0 Å². The number of benzene rings is 2. The number of nitrogens with one attached hydrogen (secondary N) is 2. The summed E-state index contributed by atoms with van der Waals surface area (Å²) in [6.45, 7) is 0. The highest BCUT2D eigenvalue weighted by molar-refractivity contribution is 9.10. The molecule has 0 aliphatic heterocycles. The van der Waals surface area contributed by atoms with E-state index in [0.717, 1.165) is 10.2 Å². The summed E-state index contributed by atoms with van der Waals surface area (Å²) in [6, 6.07) is 14.1. The number of ether oxygens (including phenoxy) is 1. The smallest absolute Gasteiger partial charge is 0.257 e. The SMILES string of the molecule is COc1ccc(NC(=O)CSc2nnc(NC(=O)c3ccc(Br)cc3)s2)cc1. The van der Waals surface area contributed by atoms with Crippen molar-refractivity contribution >= 4 is 61.7 Å². The number of thioether (sulfide) groups is 1. The van der Waals surface area contributed by atoms with E-state index in [1.807, 2.05) is 0 Å². The number of halogens is 1. The number of aromatic nitrogens is 2. The lowest BCUT2D eigenvalue weighted by molar-refractivity contribution is -0.113. The van der Waals surface area contributed by atoms with E-state index < -0.39 is 0 Å². The second kappa shape index (κ2) is 9.67. The van der Waals surface area contributed by atoms with Gasteiger partial charge in [-0.25, -0.2) is 0 Å². The van der Waals surface area contributed by atoms with Gasteiger partial charge in [-0.2, -0.15) is 0 Å². The van der Waals surface area contributed by atoms with Crippen LogP contribution in [0.2, 0.25) is 0 Å². The van der Waals surface area contributed by atoms with Crippen molar-refractivity contribution in [2.24, 2.45) is 0 Å². The number of hydrogen-bond acceptors (Lipinski definition) is 7.